The Labute approximate surface area is 343 Å². The molecule has 0 heterocycles. The van der Waals surface area contributed by atoms with Crippen molar-refractivity contribution in [1.82, 2.24) is 0 Å². The van der Waals surface area contributed by atoms with Gasteiger partial charge in [-0.3, -0.25) is 19.2 Å². The van der Waals surface area contributed by atoms with E-state index in [0.717, 1.165) is 0 Å². The fourth-order valence-electron chi connectivity index (χ4n) is 11.2. The lowest BCUT2D eigenvalue weighted by atomic mass is 9.44. The van der Waals surface area contributed by atoms with E-state index in [2.05, 4.69) is 39.4 Å². The fraction of sp³-hybridized carbons (Fsp3) is 0.907. The van der Waals surface area contributed by atoms with Gasteiger partial charge in [0.2, 0.25) is 0 Å². The van der Waals surface area contributed by atoms with Gasteiger partial charge in [0.15, 0.2) is 10.1 Å². The highest BCUT2D eigenvalue weighted by Crippen LogP contribution is 2.66. The molecule has 0 aromatic heterocycles. The van der Waals surface area contributed by atoms with Crippen LogP contribution in [0.5, 0.6) is 0 Å². The lowest BCUT2D eigenvalue weighted by molar-refractivity contribution is -0.929. The predicted octanol–water partition coefficient (Wildman–Crippen LogP) is 9.60. The number of quaternary nitrogens is 1. The molecule has 4 fully saturated rings. The van der Waals surface area contributed by atoms with Crippen molar-refractivity contribution in [3.63, 3.8) is 0 Å². The Hall–Kier alpha value is -2.00. The standard InChI is InChI=1S/C27H35F5O8S.C16H36N/c1-13(4-7-21(36)40-23(26(28,29)30)27(31,32)41(37,38)39)16-5-6-17-22-18(12-20(35)25(16,17)3)24(2)9-8-15(33)10-14(24)11-19(22)34;1-5-9-13-17(14-10-6-2,15-11-7-3)16-12-8-4/h13-14,16-18,22-23H,4-12H2,1-3H3,(H,37,38,39);5-16H2,1-4H3/q;+1/p-1/t13-,14+,16-,17?,18?,22?,23?,24+,25-;/m1./s1. The van der Waals surface area contributed by atoms with Crippen molar-refractivity contribution < 1.29 is 63.3 Å². The number of carbonyl (C=O) groups excluding carboxylic acids is 4. The quantitative estimate of drug-likeness (QED) is 0.0543. The zero-order valence-electron chi connectivity index (χ0n) is 35.9. The first-order valence-electron chi connectivity index (χ1n) is 21.9. The molecule has 4 aliphatic rings. The molecular formula is C43H70F5NO8S. The number of hydrogen-bond acceptors (Lipinski definition) is 8. The van der Waals surface area contributed by atoms with Crippen LogP contribution < -0.4 is 0 Å². The normalized spacial score (nSPS) is 30.1. The second kappa shape index (κ2) is 20.2. The molecular weight excluding hydrogens is 786 g/mol. The lowest BCUT2D eigenvalue weighted by Gasteiger charge is -2.58. The van der Waals surface area contributed by atoms with Crippen LogP contribution in [0.15, 0.2) is 0 Å². The monoisotopic (exact) mass is 855 g/mol. The number of fused-ring (bicyclic) bond motifs is 5. The highest BCUT2D eigenvalue weighted by Gasteiger charge is 2.66. The number of rotatable bonds is 19. The first-order valence-corrected chi connectivity index (χ1v) is 23.3. The van der Waals surface area contributed by atoms with Gasteiger partial charge in [0, 0.05) is 43.4 Å². The van der Waals surface area contributed by atoms with Crippen LogP contribution >= 0.6 is 0 Å². The molecule has 4 unspecified atom stereocenters. The Kier molecular flexibility index (Phi) is 17.6. The highest BCUT2D eigenvalue weighted by atomic mass is 32.2. The van der Waals surface area contributed by atoms with Crippen LogP contribution in [0.3, 0.4) is 0 Å². The predicted molar refractivity (Wildman–Crippen MR) is 209 cm³/mol. The number of ether oxygens (including phenoxy) is 1. The lowest BCUT2D eigenvalue weighted by Crippen LogP contribution is -2.60. The van der Waals surface area contributed by atoms with Crippen molar-refractivity contribution in [2.75, 3.05) is 26.2 Å². The van der Waals surface area contributed by atoms with Crippen LogP contribution in [0.25, 0.3) is 0 Å². The van der Waals surface area contributed by atoms with Crippen molar-refractivity contribution in [1.29, 1.82) is 0 Å². The van der Waals surface area contributed by atoms with Gasteiger partial charge in [-0.05, 0) is 86.4 Å². The maximum atomic E-state index is 13.8. The summed E-state index contributed by atoms with van der Waals surface area (Å²) in [5.41, 5.74) is -1.25. The van der Waals surface area contributed by atoms with E-state index in [-0.39, 0.29) is 71.6 Å². The summed E-state index contributed by atoms with van der Waals surface area (Å²) >= 11 is 0. The van der Waals surface area contributed by atoms with Gasteiger partial charge in [-0.15, -0.1) is 0 Å². The summed E-state index contributed by atoms with van der Waals surface area (Å²) in [6.45, 7) is 20.6. The van der Waals surface area contributed by atoms with Crippen LogP contribution in [-0.4, -0.2) is 84.5 Å². The van der Waals surface area contributed by atoms with E-state index in [4.69, 9.17) is 0 Å². The number of ketones is 3. The van der Waals surface area contributed by atoms with Gasteiger partial charge in [-0.25, -0.2) is 8.42 Å². The van der Waals surface area contributed by atoms with Crippen LogP contribution in [-0.2, 0) is 34.0 Å². The third kappa shape index (κ3) is 11.1. The maximum Gasteiger partial charge on any atom is 0.432 e. The molecule has 4 saturated carbocycles. The number of carbonyl (C=O) groups is 4. The van der Waals surface area contributed by atoms with Crippen molar-refractivity contribution >= 4 is 33.4 Å². The molecule has 0 bridgehead atoms. The Balaban J connectivity index is 0.000000447. The van der Waals surface area contributed by atoms with Gasteiger partial charge >= 0.3 is 17.4 Å². The van der Waals surface area contributed by atoms with E-state index in [0.29, 0.717) is 32.1 Å². The van der Waals surface area contributed by atoms with Crippen molar-refractivity contribution in [2.45, 2.75) is 175 Å². The number of Topliss-reactive ketones (excluding diaryl/α,β-unsaturated/α-hetero) is 3. The average molecular weight is 856 g/mol. The second-order valence-electron chi connectivity index (χ2n) is 18.5. The second-order valence-corrected chi connectivity index (χ2v) is 20.0. The van der Waals surface area contributed by atoms with Gasteiger partial charge in [0.1, 0.15) is 17.3 Å². The van der Waals surface area contributed by atoms with Gasteiger partial charge < -0.3 is 13.8 Å². The minimum absolute atomic E-state index is 0.0373. The fourth-order valence-corrected chi connectivity index (χ4v) is 11.7. The molecule has 58 heavy (non-hydrogen) atoms. The Morgan fingerprint density at radius 2 is 1.36 bits per heavy atom. The zero-order valence-corrected chi connectivity index (χ0v) is 36.7. The molecule has 9 nitrogen and oxygen atoms in total. The van der Waals surface area contributed by atoms with Gasteiger partial charge in [-0.1, -0.05) is 74.1 Å². The van der Waals surface area contributed by atoms with E-state index >= 15 is 0 Å². The zero-order chi connectivity index (χ0) is 43.9. The number of halogens is 5. The van der Waals surface area contributed by atoms with Crippen LogP contribution in [0.1, 0.15) is 158 Å². The number of alkyl halides is 5. The first kappa shape index (κ1) is 50.4. The van der Waals surface area contributed by atoms with E-state index < -0.39 is 51.4 Å². The molecule has 4 aliphatic carbocycles. The Bertz CT molecular complexity index is 1500. The summed E-state index contributed by atoms with van der Waals surface area (Å²) in [5, 5.41) is -5.92. The molecule has 336 valence electrons. The first-order chi connectivity index (χ1) is 26.9. The highest BCUT2D eigenvalue weighted by molar-refractivity contribution is 7.86. The largest absolute Gasteiger partial charge is 0.743 e. The smallest absolute Gasteiger partial charge is 0.432 e. The van der Waals surface area contributed by atoms with Crippen molar-refractivity contribution in [2.24, 2.45) is 46.3 Å². The third-order valence-corrected chi connectivity index (χ3v) is 15.7. The number of hydrogen-bond donors (Lipinski definition) is 0. The summed E-state index contributed by atoms with van der Waals surface area (Å²) < 4.78 is 104. The SMILES string of the molecule is CCCC[N+](CCCC)(CCCC)CCCC.C[C@H](CCC(=O)OC(C(F)(F)F)C(F)(F)S(=O)(=O)[O-])[C@H]1CCC2C3C(=O)C[C@@H]4CC(=O)CC[C@]4(C)C3CC(=O)[C@@]21C. The molecule has 0 saturated heterocycles. The van der Waals surface area contributed by atoms with E-state index in [1.165, 1.54) is 82.0 Å². The molecule has 9 atom stereocenters. The summed E-state index contributed by atoms with van der Waals surface area (Å²) in [6.07, 6.45) is 2.53. The molecule has 4 rings (SSSR count). The van der Waals surface area contributed by atoms with Crippen molar-refractivity contribution in [3.05, 3.63) is 0 Å². The minimum atomic E-state index is -6.79. The summed E-state index contributed by atoms with van der Waals surface area (Å²) in [7, 11) is -6.79. The summed E-state index contributed by atoms with van der Waals surface area (Å²) in [4.78, 5) is 51.5. The molecule has 0 spiro atoms. The topological polar surface area (TPSA) is 135 Å². The summed E-state index contributed by atoms with van der Waals surface area (Å²) in [6, 6.07) is 0. The number of unbranched alkanes of at least 4 members (excludes halogenated alkanes) is 4. The Morgan fingerprint density at radius 3 is 1.83 bits per heavy atom. The number of esters is 1. The van der Waals surface area contributed by atoms with Gasteiger partial charge in [0.05, 0.1) is 26.2 Å². The molecule has 0 N–H and O–H groups in total. The van der Waals surface area contributed by atoms with Crippen LogP contribution in [0.4, 0.5) is 22.0 Å². The van der Waals surface area contributed by atoms with Crippen molar-refractivity contribution in [3.8, 4) is 0 Å². The van der Waals surface area contributed by atoms with E-state index in [1.807, 2.05) is 0 Å². The average Bonchev–Trinajstić information content (AvgIpc) is 3.51. The molecule has 0 aromatic rings. The molecule has 0 radical (unpaired) electrons. The van der Waals surface area contributed by atoms with Crippen LogP contribution in [0, 0.1) is 46.3 Å². The van der Waals surface area contributed by atoms with E-state index in [1.54, 1.807) is 13.8 Å². The molecule has 0 amide bonds. The maximum absolute atomic E-state index is 13.8. The Morgan fingerprint density at radius 1 is 0.845 bits per heavy atom. The van der Waals surface area contributed by atoms with Gasteiger partial charge in [-0.2, -0.15) is 22.0 Å². The molecule has 0 aliphatic heterocycles. The van der Waals surface area contributed by atoms with Crippen LogP contribution in [0.2, 0.25) is 0 Å². The minimum Gasteiger partial charge on any atom is -0.743 e. The molecule has 0 aromatic carbocycles. The van der Waals surface area contributed by atoms with Gasteiger partial charge in [0.25, 0.3) is 6.10 Å². The molecule has 15 heteroatoms. The number of nitrogens with zero attached hydrogens (tertiary/aromatic N) is 1. The van der Waals surface area contributed by atoms with E-state index in [9.17, 15) is 54.1 Å². The summed E-state index contributed by atoms with van der Waals surface area (Å²) in [5.74, 6) is -3.35. The third-order valence-electron chi connectivity index (χ3n) is 14.8.